The van der Waals surface area contributed by atoms with Gasteiger partial charge in [-0.1, -0.05) is 32.7 Å². The van der Waals surface area contributed by atoms with Crippen molar-refractivity contribution in [3.8, 4) is 0 Å². The molecule has 1 unspecified atom stereocenters. The minimum absolute atomic E-state index is 0.201. The molecule has 0 amide bonds. The second kappa shape index (κ2) is 6.77. The zero-order chi connectivity index (χ0) is 10.4. The minimum atomic E-state index is -0.995. The lowest BCUT2D eigenvalue weighted by atomic mass is 9.95. The topological polar surface area (TPSA) is 12.5 Å². The molecule has 0 spiro atoms. The third kappa shape index (κ3) is 3.49. The Balaban J connectivity index is 2.41. The summed E-state index contributed by atoms with van der Waals surface area (Å²) in [5, 5.41) is 0. The maximum atomic E-state index is 5.95. The summed E-state index contributed by atoms with van der Waals surface area (Å²) in [6.45, 7) is 8.10. The Hall–Kier alpha value is 0.354. The van der Waals surface area contributed by atoms with Crippen LogP contribution in [-0.2, 0) is 4.12 Å². The van der Waals surface area contributed by atoms with Gasteiger partial charge in [-0.3, -0.25) is 0 Å². The van der Waals surface area contributed by atoms with E-state index in [1.54, 1.807) is 0 Å². The summed E-state index contributed by atoms with van der Waals surface area (Å²) in [5.41, 5.74) is 0. The van der Waals surface area contributed by atoms with E-state index in [9.17, 15) is 0 Å². The van der Waals surface area contributed by atoms with E-state index in [0.717, 1.165) is 6.04 Å². The summed E-state index contributed by atoms with van der Waals surface area (Å²) < 4.78 is 8.64. The van der Waals surface area contributed by atoms with Crippen LogP contribution in [0.4, 0.5) is 0 Å². The quantitative estimate of drug-likeness (QED) is 0.667. The van der Waals surface area contributed by atoms with E-state index in [1.165, 1.54) is 38.6 Å². The molecule has 1 fully saturated rings. The first-order valence-electron chi connectivity index (χ1n) is 6.17. The summed E-state index contributed by atoms with van der Waals surface area (Å²) in [6, 6.07) is 0.857. The van der Waals surface area contributed by atoms with Gasteiger partial charge in [0, 0.05) is 6.04 Å². The van der Waals surface area contributed by atoms with E-state index >= 15 is 0 Å². The van der Waals surface area contributed by atoms with Gasteiger partial charge in [0.1, 0.15) is 9.76 Å². The lowest BCUT2D eigenvalue weighted by Gasteiger charge is -2.37. The molecular weight excluding hydrogens is 206 g/mol. The molecule has 14 heavy (non-hydrogen) atoms. The molecule has 2 nitrogen and oxygen atoms in total. The molecule has 0 aromatic rings. The van der Waals surface area contributed by atoms with Gasteiger partial charge in [-0.15, -0.1) is 0 Å². The minimum Gasteiger partial charge on any atom is -0.452 e. The van der Waals surface area contributed by atoms with Crippen LogP contribution in [0.1, 0.15) is 39.0 Å². The van der Waals surface area contributed by atoms with E-state index in [4.69, 9.17) is 4.12 Å². The smallest absolute Gasteiger partial charge is 0.240 e. The van der Waals surface area contributed by atoms with E-state index < -0.39 is 9.20 Å². The Morgan fingerprint density at radius 2 is 2.00 bits per heavy atom. The van der Waals surface area contributed by atoms with Crippen LogP contribution in [0.5, 0.6) is 0 Å². The van der Waals surface area contributed by atoms with Gasteiger partial charge >= 0.3 is 0 Å². The van der Waals surface area contributed by atoms with Gasteiger partial charge in [0.25, 0.3) is 0 Å². The standard InChI is InChI=1S/C10H25NOSi2/c1-4-11(14(3)12-13-2)10-8-6-5-7-9-10/h10,14H,4-9,13H2,1-3H3. The molecule has 84 valence electrons. The predicted octanol–water partition coefficient (Wildman–Crippen LogP) is 1.64. The lowest BCUT2D eigenvalue weighted by molar-refractivity contribution is 0.240. The van der Waals surface area contributed by atoms with Crippen LogP contribution in [0.3, 0.4) is 0 Å². The number of hydrogen-bond acceptors (Lipinski definition) is 2. The summed E-state index contributed by atoms with van der Waals surface area (Å²) in [5.74, 6) is 0. The summed E-state index contributed by atoms with van der Waals surface area (Å²) in [6.07, 6.45) is 7.16. The average molecular weight is 231 g/mol. The Morgan fingerprint density at radius 1 is 1.36 bits per heavy atom. The fraction of sp³-hybridized carbons (Fsp3) is 1.00. The molecule has 0 N–H and O–H groups in total. The van der Waals surface area contributed by atoms with Gasteiger partial charge in [0.15, 0.2) is 0 Å². The van der Waals surface area contributed by atoms with Crippen molar-refractivity contribution in [2.45, 2.75) is 58.2 Å². The van der Waals surface area contributed by atoms with Crippen LogP contribution in [-0.4, -0.2) is 36.1 Å². The fourth-order valence-electron chi connectivity index (χ4n) is 2.56. The first-order chi connectivity index (χ1) is 6.79. The van der Waals surface area contributed by atoms with Gasteiger partial charge < -0.3 is 8.68 Å². The molecule has 0 aromatic carbocycles. The Labute approximate surface area is 92.8 Å². The molecule has 1 aliphatic rings. The van der Waals surface area contributed by atoms with Crippen LogP contribution in [0.15, 0.2) is 0 Å². The van der Waals surface area contributed by atoms with Gasteiger partial charge in [-0.2, -0.15) is 0 Å². The second-order valence-corrected chi connectivity index (χ2v) is 7.95. The highest BCUT2D eigenvalue weighted by Gasteiger charge is 2.24. The Kier molecular flexibility index (Phi) is 6.01. The highest BCUT2D eigenvalue weighted by Crippen LogP contribution is 2.23. The number of nitrogens with zero attached hydrogens (tertiary/aromatic N) is 1. The number of rotatable bonds is 5. The van der Waals surface area contributed by atoms with Crippen molar-refractivity contribution < 1.29 is 4.12 Å². The Morgan fingerprint density at radius 3 is 2.50 bits per heavy atom. The molecular formula is C10H25NOSi2. The van der Waals surface area contributed by atoms with Crippen LogP contribution in [0, 0.1) is 0 Å². The molecule has 4 heteroatoms. The van der Waals surface area contributed by atoms with Crippen LogP contribution in [0.2, 0.25) is 13.1 Å². The van der Waals surface area contributed by atoms with E-state index in [-0.39, 0.29) is 9.76 Å². The second-order valence-electron chi connectivity index (χ2n) is 4.18. The molecule has 1 atom stereocenters. The van der Waals surface area contributed by atoms with Crippen molar-refractivity contribution in [2.75, 3.05) is 6.54 Å². The van der Waals surface area contributed by atoms with E-state index in [1.807, 2.05) is 0 Å². The van der Waals surface area contributed by atoms with Crippen molar-refractivity contribution in [1.82, 2.24) is 4.57 Å². The molecule has 0 aromatic heterocycles. The third-order valence-corrected chi connectivity index (χ3v) is 8.27. The number of hydrogen-bond donors (Lipinski definition) is 0. The van der Waals surface area contributed by atoms with Gasteiger partial charge in [-0.25, -0.2) is 0 Å². The molecule has 1 aliphatic carbocycles. The van der Waals surface area contributed by atoms with Crippen LogP contribution >= 0.6 is 0 Å². The van der Waals surface area contributed by atoms with Crippen LogP contribution in [0.25, 0.3) is 0 Å². The van der Waals surface area contributed by atoms with Crippen molar-refractivity contribution in [1.29, 1.82) is 0 Å². The van der Waals surface area contributed by atoms with Crippen molar-refractivity contribution in [3.05, 3.63) is 0 Å². The predicted molar refractivity (Wildman–Crippen MR) is 67.8 cm³/mol. The maximum absolute atomic E-state index is 5.95. The van der Waals surface area contributed by atoms with Gasteiger partial charge in [0.2, 0.25) is 9.20 Å². The molecule has 1 rings (SSSR count). The molecule has 0 heterocycles. The molecule has 0 bridgehead atoms. The van der Waals surface area contributed by atoms with E-state index in [2.05, 4.69) is 24.6 Å². The average Bonchev–Trinajstić information content (AvgIpc) is 2.21. The monoisotopic (exact) mass is 231 g/mol. The molecule has 0 saturated heterocycles. The SMILES string of the molecule is CCN(C1CCCCC1)[SiH](C)O[SiH2]C. The lowest BCUT2D eigenvalue weighted by Crippen LogP contribution is -2.47. The zero-order valence-electron chi connectivity index (χ0n) is 9.96. The first-order valence-corrected chi connectivity index (χ1v) is 10.3. The van der Waals surface area contributed by atoms with Crippen molar-refractivity contribution in [2.24, 2.45) is 0 Å². The summed E-state index contributed by atoms with van der Waals surface area (Å²) in [4.78, 5) is 0. The molecule has 0 aliphatic heterocycles. The summed E-state index contributed by atoms with van der Waals surface area (Å²) >= 11 is 0. The summed E-state index contributed by atoms with van der Waals surface area (Å²) in [7, 11) is -1.20. The zero-order valence-corrected chi connectivity index (χ0v) is 12.5. The van der Waals surface area contributed by atoms with Crippen molar-refractivity contribution >= 4 is 19.0 Å². The molecule has 1 saturated carbocycles. The largest absolute Gasteiger partial charge is 0.452 e. The highest BCUT2D eigenvalue weighted by molar-refractivity contribution is 6.54. The van der Waals surface area contributed by atoms with Crippen LogP contribution < -0.4 is 0 Å². The normalized spacial score (nSPS) is 22.3. The first kappa shape index (κ1) is 12.4. The van der Waals surface area contributed by atoms with E-state index in [0.29, 0.717) is 0 Å². The highest BCUT2D eigenvalue weighted by atomic mass is 28.4. The maximum Gasteiger partial charge on any atom is 0.240 e. The third-order valence-electron chi connectivity index (χ3n) is 3.28. The molecule has 0 radical (unpaired) electrons. The van der Waals surface area contributed by atoms with Gasteiger partial charge in [-0.05, 0) is 25.9 Å². The fourth-order valence-corrected chi connectivity index (χ4v) is 6.66. The van der Waals surface area contributed by atoms with Gasteiger partial charge in [0.05, 0.1) is 0 Å². The van der Waals surface area contributed by atoms with Crippen molar-refractivity contribution in [3.63, 3.8) is 0 Å². The Bertz CT molecular complexity index is 151.